The van der Waals surface area contributed by atoms with Gasteiger partial charge in [0.05, 0.1) is 0 Å². The molecule has 19 heavy (non-hydrogen) atoms. The van der Waals surface area contributed by atoms with Gasteiger partial charge in [0.25, 0.3) is 0 Å². The molecule has 2 nitrogen and oxygen atoms in total. The second-order valence-electron chi connectivity index (χ2n) is 6.32. The van der Waals surface area contributed by atoms with Crippen molar-refractivity contribution in [2.75, 3.05) is 0 Å². The Morgan fingerprint density at radius 2 is 1.74 bits per heavy atom. The van der Waals surface area contributed by atoms with E-state index in [9.17, 15) is 5.11 Å². The fraction of sp³-hybridized carbons (Fsp3) is 0.500. The van der Waals surface area contributed by atoms with Gasteiger partial charge >= 0.3 is 0 Å². The largest absolute Gasteiger partial charge is 0.406 e. The van der Waals surface area contributed by atoms with E-state index in [4.69, 9.17) is 10.8 Å². The summed E-state index contributed by atoms with van der Waals surface area (Å²) >= 11 is 0. The minimum absolute atomic E-state index is 0.0777. The van der Waals surface area contributed by atoms with Gasteiger partial charge < -0.3 is 9.53 Å². The molecule has 0 aliphatic heterocycles. The van der Waals surface area contributed by atoms with Crippen LogP contribution in [0.25, 0.3) is 0 Å². The van der Waals surface area contributed by atoms with E-state index >= 15 is 0 Å². The van der Waals surface area contributed by atoms with Crippen molar-refractivity contribution >= 4 is 8.32 Å². The minimum Gasteiger partial charge on any atom is -0.406 e. The fourth-order valence-electron chi connectivity index (χ4n) is 1.54. The van der Waals surface area contributed by atoms with Gasteiger partial charge in [0.15, 0.2) is 8.32 Å². The molecule has 0 unspecified atom stereocenters. The maximum absolute atomic E-state index is 10.1. The Labute approximate surface area is 117 Å². The Morgan fingerprint density at radius 3 is 2.16 bits per heavy atom. The molecule has 0 aliphatic carbocycles. The maximum Gasteiger partial charge on any atom is 0.193 e. The van der Waals surface area contributed by atoms with E-state index in [0.717, 1.165) is 5.56 Å². The van der Waals surface area contributed by atoms with Gasteiger partial charge in [-0.15, -0.1) is 6.42 Å². The van der Waals surface area contributed by atoms with Gasteiger partial charge in [-0.2, -0.15) is 0 Å². The van der Waals surface area contributed by atoms with Crippen molar-refractivity contribution in [3.63, 3.8) is 0 Å². The summed E-state index contributed by atoms with van der Waals surface area (Å²) in [6.07, 6.45) is 4.00. The molecule has 0 heterocycles. The van der Waals surface area contributed by atoms with Crippen molar-refractivity contribution in [2.24, 2.45) is 0 Å². The van der Waals surface area contributed by atoms with Gasteiger partial charge in [-0.05, 0) is 23.7 Å². The van der Waals surface area contributed by atoms with Gasteiger partial charge in [-0.3, -0.25) is 0 Å². The van der Waals surface area contributed by atoms with Gasteiger partial charge in [-0.25, -0.2) is 0 Å². The third kappa shape index (κ3) is 3.94. The molecule has 0 aromatic heterocycles. The van der Waals surface area contributed by atoms with Crippen molar-refractivity contribution in [1.29, 1.82) is 0 Å². The molecule has 0 amide bonds. The Hall–Kier alpha value is -1.08. The predicted molar refractivity (Wildman–Crippen MR) is 82.3 cm³/mol. The number of aliphatic hydroxyl groups excluding tert-OH is 1. The molecule has 0 saturated heterocycles. The van der Waals surface area contributed by atoms with E-state index < -0.39 is 20.5 Å². The van der Waals surface area contributed by atoms with Crippen LogP contribution in [0.2, 0.25) is 18.1 Å². The second kappa shape index (κ2) is 5.92. The van der Waals surface area contributed by atoms with Crippen LogP contribution in [0.5, 0.6) is 0 Å². The van der Waals surface area contributed by atoms with Crippen molar-refractivity contribution in [1.82, 2.24) is 0 Å². The first kappa shape index (κ1) is 16.0. The van der Waals surface area contributed by atoms with Crippen LogP contribution in [0.1, 0.15) is 32.4 Å². The van der Waals surface area contributed by atoms with Crippen molar-refractivity contribution in [3.8, 4) is 12.3 Å². The standard InChI is InChI=1S/C16H24O2Si/c1-7-14(17)15(13-11-9-8-10-12-13)18-19(5,6)16(2,3)4/h1,8-12,14-15,17H,2-6H3/t14-,15+/m0/s1. The van der Waals surface area contributed by atoms with Crippen LogP contribution in [0.15, 0.2) is 30.3 Å². The maximum atomic E-state index is 10.1. The third-order valence-electron chi connectivity index (χ3n) is 3.81. The zero-order chi connectivity index (χ0) is 14.7. The van der Waals surface area contributed by atoms with Crippen molar-refractivity contribution in [3.05, 3.63) is 35.9 Å². The molecule has 1 aromatic rings. The Balaban J connectivity index is 3.05. The first-order valence-electron chi connectivity index (χ1n) is 6.56. The monoisotopic (exact) mass is 276 g/mol. The van der Waals surface area contributed by atoms with Crippen LogP contribution in [0.4, 0.5) is 0 Å². The molecule has 0 radical (unpaired) electrons. The summed E-state index contributed by atoms with van der Waals surface area (Å²) in [4.78, 5) is 0. The average Bonchev–Trinajstić information content (AvgIpc) is 2.35. The normalized spacial score (nSPS) is 15.6. The molecule has 0 saturated carbocycles. The summed E-state index contributed by atoms with van der Waals surface area (Å²) in [7, 11) is -1.99. The highest BCUT2D eigenvalue weighted by molar-refractivity contribution is 6.74. The zero-order valence-corrected chi connectivity index (χ0v) is 13.5. The minimum atomic E-state index is -1.99. The number of rotatable bonds is 4. The summed E-state index contributed by atoms with van der Waals surface area (Å²) < 4.78 is 6.29. The summed E-state index contributed by atoms with van der Waals surface area (Å²) in [5.74, 6) is 2.39. The first-order chi connectivity index (χ1) is 8.69. The molecule has 1 aromatic carbocycles. The first-order valence-corrected chi connectivity index (χ1v) is 9.47. The van der Waals surface area contributed by atoms with Gasteiger partial charge in [0.1, 0.15) is 12.2 Å². The SMILES string of the molecule is C#C[C@H](O)[C@H](O[Si](C)(C)C(C)(C)C)c1ccccc1. The fourth-order valence-corrected chi connectivity index (χ4v) is 2.79. The van der Waals surface area contributed by atoms with E-state index in [0.29, 0.717) is 0 Å². The summed E-state index contributed by atoms with van der Waals surface area (Å²) in [5.41, 5.74) is 0.928. The third-order valence-corrected chi connectivity index (χ3v) is 8.27. The Morgan fingerprint density at radius 1 is 1.21 bits per heavy atom. The molecular weight excluding hydrogens is 252 g/mol. The number of aliphatic hydroxyl groups is 1. The second-order valence-corrected chi connectivity index (χ2v) is 11.1. The molecule has 0 bridgehead atoms. The quantitative estimate of drug-likeness (QED) is 0.670. The average molecular weight is 276 g/mol. The highest BCUT2D eigenvalue weighted by Crippen LogP contribution is 2.40. The molecule has 1 rings (SSSR count). The van der Waals surface area contributed by atoms with Crippen LogP contribution >= 0.6 is 0 Å². The molecule has 0 spiro atoms. The lowest BCUT2D eigenvalue weighted by molar-refractivity contribution is 0.0622. The molecule has 1 N–H and O–H groups in total. The number of benzene rings is 1. The number of hydrogen-bond acceptors (Lipinski definition) is 2. The Kier molecular flexibility index (Phi) is 4.97. The molecule has 0 aliphatic rings. The molecular formula is C16H24O2Si. The summed E-state index contributed by atoms with van der Waals surface area (Å²) in [6.45, 7) is 10.8. The van der Waals surface area contributed by atoms with E-state index in [1.54, 1.807) is 0 Å². The number of hydrogen-bond donors (Lipinski definition) is 1. The summed E-state index contributed by atoms with van der Waals surface area (Å²) in [5, 5.41) is 10.1. The Bertz CT molecular complexity index is 440. The molecule has 104 valence electrons. The van der Waals surface area contributed by atoms with Crippen molar-refractivity contribution < 1.29 is 9.53 Å². The predicted octanol–water partition coefficient (Wildman–Crippen LogP) is 3.74. The van der Waals surface area contributed by atoms with E-state index in [-0.39, 0.29) is 5.04 Å². The van der Waals surface area contributed by atoms with Gasteiger partial charge in [0.2, 0.25) is 0 Å². The van der Waals surface area contributed by atoms with Crippen LogP contribution < -0.4 is 0 Å². The lowest BCUT2D eigenvalue weighted by Crippen LogP contribution is -2.43. The zero-order valence-electron chi connectivity index (χ0n) is 12.5. The highest BCUT2D eigenvalue weighted by atomic mass is 28.4. The van der Waals surface area contributed by atoms with Crippen LogP contribution in [0.3, 0.4) is 0 Å². The van der Waals surface area contributed by atoms with Crippen molar-refractivity contribution in [2.45, 2.75) is 51.1 Å². The van der Waals surface area contributed by atoms with Crippen LogP contribution in [-0.4, -0.2) is 19.5 Å². The lowest BCUT2D eigenvalue weighted by atomic mass is 10.1. The van der Waals surface area contributed by atoms with E-state index in [1.807, 2.05) is 30.3 Å². The van der Waals surface area contributed by atoms with E-state index in [1.165, 1.54) is 0 Å². The van der Waals surface area contributed by atoms with Gasteiger partial charge in [0, 0.05) is 0 Å². The van der Waals surface area contributed by atoms with Crippen LogP contribution in [-0.2, 0) is 4.43 Å². The molecule has 3 heteroatoms. The topological polar surface area (TPSA) is 29.5 Å². The summed E-state index contributed by atoms with van der Waals surface area (Å²) in [6, 6.07) is 9.69. The smallest absolute Gasteiger partial charge is 0.193 e. The van der Waals surface area contributed by atoms with Gasteiger partial charge in [-0.1, -0.05) is 57.0 Å². The molecule has 0 fully saturated rings. The van der Waals surface area contributed by atoms with Crippen LogP contribution in [0, 0.1) is 12.3 Å². The lowest BCUT2D eigenvalue weighted by Gasteiger charge is -2.40. The van der Waals surface area contributed by atoms with E-state index in [2.05, 4.69) is 39.8 Å². The highest BCUT2D eigenvalue weighted by Gasteiger charge is 2.40. The molecule has 2 atom stereocenters. The number of terminal acetylenes is 1.